The molecule has 0 saturated carbocycles. The van der Waals surface area contributed by atoms with Crippen molar-refractivity contribution in [3.63, 3.8) is 0 Å². The Balaban J connectivity index is 2.34. The van der Waals surface area contributed by atoms with Crippen molar-refractivity contribution in [2.24, 2.45) is 0 Å². The van der Waals surface area contributed by atoms with Crippen LogP contribution in [-0.2, 0) is 0 Å². The van der Waals surface area contributed by atoms with Crippen LogP contribution in [0.15, 0.2) is 24.5 Å². The molecule has 3 rings (SSSR count). The van der Waals surface area contributed by atoms with E-state index in [1.54, 1.807) is 12.1 Å². The number of H-pyrrole nitrogens is 1. The summed E-state index contributed by atoms with van der Waals surface area (Å²) in [4.78, 5) is 15.1. The zero-order chi connectivity index (χ0) is 14.1. The summed E-state index contributed by atoms with van der Waals surface area (Å²) in [6.45, 7) is 0. The number of anilines is 1. The molecule has 20 heavy (non-hydrogen) atoms. The average molecular weight is 261 g/mol. The fourth-order valence-electron chi connectivity index (χ4n) is 1.95. The maximum Gasteiger partial charge on any atom is 0.222 e. The molecular weight excluding hydrogens is 254 g/mol. The van der Waals surface area contributed by atoms with Gasteiger partial charge in [0.1, 0.15) is 11.2 Å². The van der Waals surface area contributed by atoms with E-state index in [2.05, 4.69) is 19.9 Å². The molecule has 0 saturated heterocycles. The fraction of sp³-hybridized carbons (Fsp3) is 0. The number of nitrogens with one attached hydrogen (secondary N) is 1. The minimum absolute atomic E-state index is 0.0838. The highest BCUT2D eigenvalue weighted by Gasteiger charge is 2.12. The summed E-state index contributed by atoms with van der Waals surface area (Å²) in [5, 5.41) is 18.0. The third-order valence-corrected chi connectivity index (χ3v) is 2.77. The lowest BCUT2D eigenvalue weighted by Crippen LogP contribution is -1.98. The molecule has 0 aliphatic rings. The predicted molar refractivity (Wildman–Crippen MR) is 71.0 cm³/mol. The molecule has 0 unspecified atom stereocenters. The highest BCUT2D eigenvalue weighted by atomic mass is 15.1. The number of hydrogen-bond donors (Lipinski definition) is 2. The summed E-state index contributed by atoms with van der Waals surface area (Å²) in [7, 11) is 0. The number of imidazole rings is 1. The first-order valence-electron chi connectivity index (χ1n) is 5.63. The minimum atomic E-state index is 0.0838. The minimum Gasteiger partial charge on any atom is -0.368 e. The number of aromatic amines is 1. The van der Waals surface area contributed by atoms with E-state index in [0.29, 0.717) is 33.5 Å². The van der Waals surface area contributed by atoms with Crippen LogP contribution < -0.4 is 5.73 Å². The quantitative estimate of drug-likeness (QED) is 0.680. The molecule has 0 bridgehead atoms. The molecule has 3 aromatic rings. The Hall–Kier alpha value is -3.45. The second-order valence-corrected chi connectivity index (χ2v) is 4.05. The molecule has 0 aliphatic carbocycles. The zero-order valence-corrected chi connectivity index (χ0v) is 10.1. The summed E-state index contributed by atoms with van der Waals surface area (Å²) < 4.78 is 0. The van der Waals surface area contributed by atoms with Gasteiger partial charge in [-0.25, -0.2) is 9.97 Å². The van der Waals surface area contributed by atoms with Crippen LogP contribution in [0, 0.1) is 22.7 Å². The van der Waals surface area contributed by atoms with Gasteiger partial charge in [0, 0.05) is 5.56 Å². The van der Waals surface area contributed by atoms with Crippen molar-refractivity contribution in [2.75, 3.05) is 5.73 Å². The molecule has 7 nitrogen and oxygen atoms in total. The van der Waals surface area contributed by atoms with Crippen molar-refractivity contribution in [1.82, 2.24) is 19.9 Å². The number of hydrogen-bond acceptors (Lipinski definition) is 6. The van der Waals surface area contributed by atoms with Gasteiger partial charge >= 0.3 is 0 Å². The molecule has 7 heteroatoms. The summed E-state index contributed by atoms with van der Waals surface area (Å²) >= 11 is 0. The topological polar surface area (TPSA) is 128 Å². The van der Waals surface area contributed by atoms with Crippen molar-refractivity contribution in [1.29, 1.82) is 10.5 Å². The van der Waals surface area contributed by atoms with E-state index in [9.17, 15) is 0 Å². The number of aromatic nitrogens is 4. The molecular formula is C13H7N7. The molecule has 0 aliphatic heterocycles. The number of nitrogens with two attached hydrogens (primary N) is 1. The van der Waals surface area contributed by atoms with Crippen LogP contribution in [0.2, 0.25) is 0 Å². The summed E-state index contributed by atoms with van der Waals surface area (Å²) in [5.74, 6) is 0.0838. The van der Waals surface area contributed by atoms with Crippen molar-refractivity contribution in [2.45, 2.75) is 0 Å². The summed E-state index contributed by atoms with van der Waals surface area (Å²) in [6, 6.07) is 8.83. The Labute approximate surface area is 113 Å². The molecule has 0 fully saturated rings. The van der Waals surface area contributed by atoms with Gasteiger partial charge in [0.15, 0.2) is 5.65 Å². The first-order chi connectivity index (χ1) is 9.71. The first-order valence-corrected chi connectivity index (χ1v) is 5.63. The van der Waals surface area contributed by atoms with Gasteiger partial charge in [0.05, 0.1) is 29.6 Å². The Bertz CT molecular complexity index is 863. The van der Waals surface area contributed by atoms with Gasteiger partial charge in [-0.1, -0.05) is 0 Å². The third kappa shape index (κ3) is 1.80. The number of nitriles is 2. The molecule has 0 atom stereocenters. The van der Waals surface area contributed by atoms with Gasteiger partial charge in [-0.2, -0.15) is 15.5 Å². The first kappa shape index (κ1) is 11.6. The number of nitrogens with zero attached hydrogens (tertiary/aromatic N) is 5. The zero-order valence-electron chi connectivity index (χ0n) is 10.1. The smallest absolute Gasteiger partial charge is 0.222 e. The van der Waals surface area contributed by atoms with E-state index in [1.165, 1.54) is 12.4 Å². The summed E-state index contributed by atoms with van der Waals surface area (Å²) in [5.41, 5.74) is 8.59. The van der Waals surface area contributed by atoms with Crippen LogP contribution in [0.5, 0.6) is 0 Å². The fourth-order valence-corrected chi connectivity index (χ4v) is 1.95. The van der Waals surface area contributed by atoms with Gasteiger partial charge in [-0.05, 0) is 18.2 Å². The Morgan fingerprint density at radius 1 is 1.05 bits per heavy atom. The van der Waals surface area contributed by atoms with E-state index in [1.807, 2.05) is 12.1 Å². The monoisotopic (exact) mass is 261 g/mol. The van der Waals surface area contributed by atoms with Crippen molar-refractivity contribution < 1.29 is 0 Å². The van der Waals surface area contributed by atoms with E-state index < -0.39 is 0 Å². The predicted octanol–water partition coefficient (Wildman–Crippen LogP) is 1.35. The molecule has 0 amide bonds. The molecule has 94 valence electrons. The Morgan fingerprint density at radius 2 is 1.75 bits per heavy atom. The maximum absolute atomic E-state index is 9.02. The van der Waals surface area contributed by atoms with Crippen LogP contribution in [0.4, 0.5) is 5.95 Å². The van der Waals surface area contributed by atoms with E-state index in [0.717, 1.165) is 0 Å². The SMILES string of the molecule is N#Cc1cc(C#N)cc(-c2nc(N)nc3nc[nH]c23)c1. The lowest BCUT2D eigenvalue weighted by Gasteiger charge is -2.04. The molecule has 0 spiro atoms. The molecule has 1 aromatic carbocycles. The lowest BCUT2D eigenvalue weighted by molar-refractivity contribution is 1.22. The maximum atomic E-state index is 9.02. The largest absolute Gasteiger partial charge is 0.368 e. The van der Waals surface area contributed by atoms with Gasteiger partial charge < -0.3 is 10.7 Å². The Morgan fingerprint density at radius 3 is 2.40 bits per heavy atom. The number of rotatable bonds is 1. The van der Waals surface area contributed by atoms with Gasteiger partial charge in [-0.15, -0.1) is 0 Å². The standard InChI is InChI=1S/C13H7N7/c14-4-7-1-8(5-15)3-9(2-7)10-11-12(18-6-17-11)20-13(16)19-10/h1-3,6H,(H3,16,17,18,19,20). The van der Waals surface area contributed by atoms with Crippen LogP contribution in [0.25, 0.3) is 22.4 Å². The molecule has 2 heterocycles. The highest BCUT2D eigenvalue weighted by molar-refractivity contribution is 5.88. The van der Waals surface area contributed by atoms with E-state index in [4.69, 9.17) is 16.3 Å². The molecule has 3 N–H and O–H groups in total. The van der Waals surface area contributed by atoms with E-state index >= 15 is 0 Å². The number of nitrogen functional groups attached to an aromatic ring is 1. The van der Waals surface area contributed by atoms with Crippen LogP contribution >= 0.6 is 0 Å². The van der Waals surface area contributed by atoms with Crippen molar-refractivity contribution in [3.8, 4) is 23.4 Å². The molecule has 0 radical (unpaired) electrons. The second kappa shape index (κ2) is 4.34. The lowest BCUT2D eigenvalue weighted by atomic mass is 10.0. The molecule has 2 aromatic heterocycles. The number of benzene rings is 1. The van der Waals surface area contributed by atoms with Crippen LogP contribution in [0.3, 0.4) is 0 Å². The van der Waals surface area contributed by atoms with Crippen molar-refractivity contribution >= 4 is 17.1 Å². The van der Waals surface area contributed by atoms with E-state index in [-0.39, 0.29) is 5.95 Å². The van der Waals surface area contributed by atoms with Crippen LogP contribution in [-0.4, -0.2) is 19.9 Å². The summed E-state index contributed by atoms with van der Waals surface area (Å²) in [6.07, 6.45) is 1.49. The normalized spacial score (nSPS) is 10.1. The van der Waals surface area contributed by atoms with Crippen LogP contribution in [0.1, 0.15) is 11.1 Å². The second-order valence-electron chi connectivity index (χ2n) is 4.05. The average Bonchev–Trinajstić information content (AvgIpc) is 2.93. The Kier molecular flexibility index (Phi) is 2.52. The van der Waals surface area contributed by atoms with Crippen molar-refractivity contribution in [3.05, 3.63) is 35.7 Å². The highest BCUT2D eigenvalue weighted by Crippen LogP contribution is 2.26. The van der Waals surface area contributed by atoms with Gasteiger partial charge in [0.2, 0.25) is 5.95 Å². The number of fused-ring (bicyclic) bond motifs is 1. The third-order valence-electron chi connectivity index (χ3n) is 2.77. The van der Waals surface area contributed by atoms with Gasteiger partial charge in [-0.3, -0.25) is 0 Å². The van der Waals surface area contributed by atoms with Gasteiger partial charge in [0.25, 0.3) is 0 Å².